The zero-order valence-electron chi connectivity index (χ0n) is 11.4. The highest BCUT2D eigenvalue weighted by Crippen LogP contribution is 1.97. The maximum atomic E-state index is 11.9. The largest absolute Gasteiger partial charge is 0.481 e. The third-order valence-corrected chi connectivity index (χ3v) is 2.42. The summed E-state index contributed by atoms with van der Waals surface area (Å²) in [5.74, 6) is -0.969. The average Bonchev–Trinajstić information content (AvgIpc) is 2.38. The SMILES string of the molecule is C=CCN(CCOC)C(=O)NCC(CC(=O)O)OC. The standard InChI is InChI=1S/C12H22N2O5/c1-4-5-14(6-7-18-2)12(17)13-9-10(19-3)8-11(15)16/h4,10H,1,5-9H2,2-3H3,(H,13,17)(H,15,16). The molecule has 0 radical (unpaired) electrons. The summed E-state index contributed by atoms with van der Waals surface area (Å²) in [6, 6.07) is -0.301. The summed E-state index contributed by atoms with van der Waals surface area (Å²) < 4.78 is 9.88. The molecule has 19 heavy (non-hydrogen) atoms. The van der Waals surface area contributed by atoms with Crippen LogP contribution in [0.5, 0.6) is 0 Å². The van der Waals surface area contributed by atoms with Gasteiger partial charge in [-0.15, -0.1) is 6.58 Å². The summed E-state index contributed by atoms with van der Waals surface area (Å²) in [6.45, 7) is 4.97. The van der Waals surface area contributed by atoms with E-state index in [1.165, 1.54) is 12.0 Å². The second kappa shape index (κ2) is 10.3. The number of hydrogen-bond acceptors (Lipinski definition) is 4. The summed E-state index contributed by atoms with van der Waals surface area (Å²) in [4.78, 5) is 23.9. The predicted molar refractivity (Wildman–Crippen MR) is 70.1 cm³/mol. The smallest absolute Gasteiger partial charge is 0.317 e. The fourth-order valence-corrected chi connectivity index (χ4v) is 1.38. The molecule has 0 saturated heterocycles. The number of amides is 2. The Balaban J connectivity index is 4.21. The Hall–Kier alpha value is -1.60. The van der Waals surface area contributed by atoms with Crippen molar-refractivity contribution in [1.82, 2.24) is 10.2 Å². The topological polar surface area (TPSA) is 88.1 Å². The number of aliphatic carboxylic acids is 1. The van der Waals surface area contributed by atoms with Crippen molar-refractivity contribution < 1.29 is 24.2 Å². The van der Waals surface area contributed by atoms with Crippen molar-refractivity contribution in [3.63, 3.8) is 0 Å². The van der Waals surface area contributed by atoms with Gasteiger partial charge in [0, 0.05) is 33.9 Å². The third kappa shape index (κ3) is 8.17. The number of carboxylic acids is 1. The van der Waals surface area contributed by atoms with Crippen LogP contribution in [-0.4, -0.2) is 68.6 Å². The Labute approximate surface area is 113 Å². The van der Waals surface area contributed by atoms with Crippen LogP contribution in [0.3, 0.4) is 0 Å². The molecule has 0 aliphatic rings. The monoisotopic (exact) mass is 274 g/mol. The highest BCUT2D eigenvalue weighted by molar-refractivity contribution is 5.74. The maximum absolute atomic E-state index is 11.9. The molecule has 0 rings (SSSR count). The van der Waals surface area contributed by atoms with Crippen molar-refractivity contribution in [2.45, 2.75) is 12.5 Å². The molecule has 0 aliphatic heterocycles. The molecule has 0 aliphatic carbocycles. The van der Waals surface area contributed by atoms with E-state index < -0.39 is 12.1 Å². The van der Waals surface area contributed by atoms with Crippen LogP contribution < -0.4 is 5.32 Å². The fourth-order valence-electron chi connectivity index (χ4n) is 1.38. The van der Waals surface area contributed by atoms with E-state index in [1.807, 2.05) is 0 Å². The van der Waals surface area contributed by atoms with Crippen LogP contribution in [0.25, 0.3) is 0 Å². The fraction of sp³-hybridized carbons (Fsp3) is 0.667. The van der Waals surface area contributed by atoms with E-state index in [9.17, 15) is 9.59 Å². The van der Waals surface area contributed by atoms with Gasteiger partial charge in [-0.05, 0) is 0 Å². The van der Waals surface area contributed by atoms with Crippen LogP contribution in [0.4, 0.5) is 4.79 Å². The first-order valence-electron chi connectivity index (χ1n) is 5.92. The first-order valence-corrected chi connectivity index (χ1v) is 5.92. The molecule has 0 aromatic carbocycles. The van der Waals surface area contributed by atoms with Crippen LogP contribution in [-0.2, 0) is 14.3 Å². The first kappa shape index (κ1) is 17.4. The van der Waals surface area contributed by atoms with Crippen molar-refractivity contribution in [1.29, 1.82) is 0 Å². The molecule has 2 amide bonds. The number of carbonyl (C=O) groups is 2. The molecule has 0 saturated carbocycles. The molecule has 0 aromatic heterocycles. The number of nitrogens with one attached hydrogen (secondary N) is 1. The number of methoxy groups -OCH3 is 2. The molecule has 0 aromatic rings. The molecule has 7 nitrogen and oxygen atoms in total. The molecular weight excluding hydrogens is 252 g/mol. The number of rotatable bonds is 10. The molecular formula is C12H22N2O5. The van der Waals surface area contributed by atoms with Gasteiger partial charge in [0.1, 0.15) is 0 Å². The zero-order valence-corrected chi connectivity index (χ0v) is 11.4. The van der Waals surface area contributed by atoms with Crippen LogP contribution in [0.1, 0.15) is 6.42 Å². The second-order valence-electron chi connectivity index (χ2n) is 3.87. The van der Waals surface area contributed by atoms with Crippen molar-refractivity contribution in [3.8, 4) is 0 Å². The highest BCUT2D eigenvalue weighted by Gasteiger charge is 2.16. The Morgan fingerprint density at radius 3 is 2.63 bits per heavy atom. The number of carboxylic acid groups (broad SMARTS) is 1. The number of ether oxygens (including phenoxy) is 2. The molecule has 0 heterocycles. The van der Waals surface area contributed by atoms with E-state index in [-0.39, 0.29) is 19.0 Å². The van der Waals surface area contributed by atoms with Gasteiger partial charge in [-0.2, -0.15) is 0 Å². The van der Waals surface area contributed by atoms with Crippen LogP contribution in [0, 0.1) is 0 Å². The minimum absolute atomic E-state index is 0.141. The summed E-state index contributed by atoms with van der Waals surface area (Å²) in [7, 11) is 2.96. The normalized spacial score (nSPS) is 11.7. The summed E-state index contributed by atoms with van der Waals surface area (Å²) in [5.41, 5.74) is 0. The Morgan fingerprint density at radius 2 is 2.16 bits per heavy atom. The summed E-state index contributed by atoms with van der Waals surface area (Å²) in [6.07, 6.45) is 0.908. The summed E-state index contributed by atoms with van der Waals surface area (Å²) in [5, 5.41) is 11.3. The number of nitrogens with zero attached hydrogens (tertiary/aromatic N) is 1. The highest BCUT2D eigenvalue weighted by atomic mass is 16.5. The quantitative estimate of drug-likeness (QED) is 0.560. The molecule has 1 unspecified atom stereocenters. The lowest BCUT2D eigenvalue weighted by Crippen LogP contribution is -2.44. The van der Waals surface area contributed by atoms with Gasteiger partial charge < -0.3 is 24.8 Å². The lowest BCUT2D eigenvalue weighted by atomic mass is 10.2. The van der Waals surface area contributed by atoms with E-state index in [1.54, 1.807) is 13.2 Å². The average molecular weight is 274 g/mol. The molecule has 2 N–H and O–H groups in total. The lowest BCUT2D eigenvalue weighted by Gasteiger charge is -2.22. The van der Waals surface area contributed by atoms with Gasteiger partial charge in [0.05, 0.1) is 19.1 Å². The predicted octanol–water partition coefficient (Wildman–Crippen LogP) is 0.320. The van der Waals surface area contributed by atoms with E-state index in [4.69, 9.17) is 14.6 Å². The van der Waals surface area contributed by atoms with Crippen LogP contribution in [0.15, 0.2) is 12.7 Å². The van der Waals surface area contributed by atoms with E-state index in [0.717, 1.165) is 0 Å². The minimum atomic E-state index is -0.969. The third-order valence-electron chi connectivity index (χ3n) is 2.42. The Kier molecular flexibility index (Phi) is 9.46. The Bertz CT molecular complexity index is 296. The second-order valence-corrected chi connectivity index (χ2v) is 3.87. The van der Waals surface area contributed by atoms with Crippen LogP contribution >= 0.6 is 0 Å². The van der Waals surface area contributed by atoms with Gasteiger partial charge in [0.25, 0.3) is 0 Å². The van der Waals surface area contributed by atoms with Gasteiger partial charge >= 0.3 is 12.0 Å². The molecule has 0 spiro atoms. The van der Waals surface area contributed by atoms with Crippen LogP contribution in [0.2, 0.25) is 0 Å². The molecule has 110 valence electrons. The van der Waals surface area contributed by atoms with E-state index in [0.29, 0.717) is 19.7 Å². The van der Waals surface area contributed by atoms with Crippen molar-refractivity contribution in [2.24, 2.45) is 0 Å². The van der Waals surface area contributed by atoms with Crippen molar-refractivity contribution in [3.05, 3.63) is 12.7 Å². The van der Waals surface area contributed by atoms with Crippen molar-refractivity contribution >= 4 is 12.0 Å². The van der Waals surface area contributed by atoms with Gasteiger partial charge in [0.15, 0.2) is 0 Å². The van der Waals surface area contributed by atoms with Gasteiger partial charge in [-0.1, -0.05) is 6.08 Å². The van der Waals surface area contributed by atoms with E-state index in [2.05, 4.69) is 11.9 Å². The minimum Gasteiger partial charge on any atom is -0.481 e. The lowest BCUT2D eigenvalue weighted by molar-refractivity contribution is -0.139. The zero-order chi connectivity index (χ0) is 14.7. The molecule has 0 bridgehead atoms. The molecule has 1 atom stereocenters. The van der Waals surface area contributed by atoms with Gasteiger partial charge in [-0.3, -0.25) is 4.79 Å². The first-order chi connectivity index (χ1) is 9.04. The maximum Gasteiger partial charge on any atom is 0.317 e. The summed E-state index contributed by atoms with van der Waals surface area (Å²) >= 11 is 0. The molecule has 7 heteroatoms. The van der Waals surface area contributed by atoms with Gasteiger partial charge in [-0.25, -0.2) is 4.79 Å². The number of urea groups is 1. The van der Waals surface area contributed by atoms with E-state index >= 15 is 0 Å². The number of hydrogen-bond donors (Lipinski definition) is 2. The van der Waals surface area contributed by atoms with Gasteiger partial charge in [0.2, 0.25) is 0 Å². The molecule has 0 fully saturated rings. The number of carbonyl (C=O) groups excluding carboxylic acids is 1. The van der Waals surface area contributed by atoms with Crippen molar-refractivity contribution in [2.75, 3.05) is 40.5 Å². The Morgan fingerprint density at radius 1 is 1.47 bits per heavy atom.